The van der Waals surface area contributed by atoms with Crippen LogP contribution in [0.2, 0.25) is 0 Å². The molecule has 0 bridgehead atoms. The zero-order chi connectivity index (χ0) is 25.2. The zero-order valence-corrected chi connectivity index (χ0v) is 20.1. The summed E-state index contributed by atoms with van der Waals surface area (Å²) in [6, 6.07) is 17.3. The number of phenols is 1. The van der Waals surface area contributed by atoms with Gasteiger partial charge in [0.05, 0.1) is 13.3 Å². The van der Waals surface area contributed by atoms with Gasteiger partial charge in [-0.15, -0.1) is 0 Å². The number of aliphatic hydroxyl groups excluding tert-OH is 1. The van der Waals surface area contributed by atoms with Gasteiger partial charge in [-0.05, 0) is 66.1 Å². The highest BCUT2D eigenvalue weighted by atomic mass is 19.1. The number of aliphatic hydroxyl groups is 1. The lowest BCUT2D eigenvalue weighted by atomic mass is 9.85. The molecular weight excluding hydrogens is 464 g/mol. The normalized spacial score (nSPS) is 17.9. The molecule has 0 aliphatic carbocycles. The quantitative estimate of drug-likeness (QED) is 0.442. The topological polar surface area (TPSA) is 62.2 Å². The Morgan fingerprint density at radius 1 is 1.06 bits per heavy atom. The molecule has 2 aliphatic heterocycles. The number of phenolic OH excluding ortho intramolecular Hbond substituents is 1. The number of hydrogen-bond acceptors (Lipinski definition) is 5. The van der Waals surface area contributed by atoms with Crippen molar-refractivity contribution in [2.24, 2.45) is 5.92 Å². The average molecular weight is 494 g/mol. The first-order chi connectivity index (χ1) is 17.5. The number of ether oxygens (including phenoxy) is 2. The van der Waals surface area contributed by atoms with Gasteiger partial charge in [-0.25, -0.2) is 4.39 Å². The first-order valence-electron chi connectivity index (χ1n) is 12.1. The molecule has 1 atom stereocenters. The van der Waals surface area contributed by atoms with E-state index in [1.54, 1.807) is 30.3 Å². The van der Waals surface area contributed by atoms with E-state index in [2.05, 4.69) is 4.90 Å². The van der Waals surface area contributed by atoms with Crippen molar-refractivity contribution in [3.8, 4) is 17.2 Å². The third-order valence-electron chi connectivity index (χ3n) is 6.92. The van der Waals surface area contributed by atoms with Gasteiger partial charge in [-0.3, -0.25) is 9.29 Å². The van der Waals surface area contributed by atoms with Crippen molar-refractivity contribution < 1.29 is 28.5 Å². The Hall–Kier alpha value is -3.42. The highest BCUT2D eigenvalue weighted by molar-refractivity contribution is 5.95. The number of nitrogens with zero attached hydrogens (tertiary/aromatic N) is 1. The summed E-state index contributed by atoms with van der Waals surface area (Å²) in [4.78, 5) is 2.17. The predicted molar refractivity (Wildman–Crippen MR) is 134 cm³/mol. The largest absolute Gasteiger partial charge is 0.508 e. The third-order valence-corrected chi connectivity index (χ3v) is 6.92. The number of likely N-dealkylation sites (tertiary alicyclic amines) is 1. The van der Waals surface area contributed by atoms with E-state index in [-0.39, 0.29) is 23.9 Å². The summed E-state index contributed by atoms with van der Waals surface area (Å²) in [5.74, 6) is 1.20. The average Bonchev–Trinajstić information content (AvgIpc) is 2.86. The number of hydrogen-bond donors (Lipinski definition) is 2. The fraction of sp³-hybridized carbons (Fsp3) is 0.310. The molecule has 2 heterocycles. The minimum absolute atomic E-state index is 0.129. The lowest BCUT2D eigenvalue weighted by Gasteiger charge is -2.37. The molecule has 3 aromatic rings. The molecule has 188 valence electrons. The molecule has 0 aromatic heterocycles. The van der Waals surface area contributed by atoms with Crippen molar-refractivity contribution in [3.05, 3.63) is 88.7 Å². The molecule has 5 rings (SSSR count). The monoisotopic (exact) mass is 493 g/mol. The van der Waals surface area contributed by atoms with Crippen LogP contribution in [0.1, 0.15) is 35.3 Å². The first-order valence-corrected chi connectivity index (χ1v) is 12.1. The van der Waals surface area contributed by atoms with Crippen LogP contribution in [-0.2, 0) is 6.61 Å². The lowest BCUT2D eigenvalue weighted by molar-refractivity contribution is 0.0668. The molecular formula is C29H29F2NO4. The van der Waals surface area contributed by atoms with E-state index < -0.39 is 18.5 Å². The van der Waals surface area contributed by atoms with Crippen molar-refractivity contribution in [3.63, 3.8) is 0 Å². The van der Waals surface area contributed by atoms with E-state index in [9.17, 15) is 19.0 Å². The van der Waals surface area contributed by atoms with E-state index >= 15 is 0 Å². The van der Waals surface area contributed by atoms with Crippen LogP contribution < -0.4 is 9.47 Å². The van der Waals surface area contributed by atoms with Crippen LogP contribution >= 0.6 is 0 Å². The standard InChI is InChI=1S/C29H29F2NO4/c1-18-25-13-23(34)5-9-27(25)36-29(28(18)21-4-8-26(31)22(12-21)17-33)20-2-6-24(7-3-20)35-11-10-32-15-19(14-30)16-32/h2-9,12-13,19,29,33-34H,10-11,14-17H2,1H3. The van der Waals surface area contributed by atoms with E-state index in [4.69, 9.17) is 9.47 Å². The third kappa shape index (κ3) is 4.81. The summed E-state index contributed by atoms with van der Waals surface area (Å²) in [7, 11) is 0. The van der Waals surface area contributed by atoms with Gasteiger partial charge in [-0.2, -0.15) is 0 Å². The number of aromatic hydroxyl groups is 1. The van der Waals surface area contributed by atoms with Crippen molar-refractivity contribution in [1.82, 2.24) is 4.90 Å². The predicted octanol–water partition coefficient (Wildman–Crippen LogP) is 5.37. The first kappa shape index (κ1) is 24.3. The second kappa shape index (κ2) is 10.3. The summed E-state index contributed by atoms with van der Waals surface area (Å²) in [6.07, 6.45) is -0.480. The van der Waals surface area contributed by atoms with Crippen molar-refractivity contribution >= 4 is 11.1 Å². The van der Waals surface area contributed by atoms with Gasteiger partial charge in [0.1, 0.15) is 35.8 Å². The molecule has 1 unspecified atom stereocenters. The van der Waals surface area contributed by atoms with E-state index in [1.165, 1.54) is 6.07 Å². The molecule has 5 nitrogen and oxygen atoms in total. The number of allylic oxidation sites excluding steroid dienone is 1. The summed E-state index contributed by atoms with van der Waals surface area (Å²) in [6.45, 7) is 4.14. The Morgan fingerprint density at radius 3 is 2.56 bits per heavy atom. The molecule has 2 N–H and O–H groups in total. The number of fused-ring (bicyclic) bond motifs is 1. The maximum Gasteiger partial charge on any atom is 0.150 e. The van der Waals surface area contributed by atoms with Crippen molar-refractivity contribution in [2.45, 2.75) is 19.6 Å². The molecule has 1 fully saturated rings. The molecule has 2 aliphatic rings. The van der Waals surface area contributed by atoms with E-state index in [0.717, 1.165) is 53.2 Å². The Morgan fingerprint density at radius 2 is 1.83 bits per heavy atom. The Labute approximate surface area is 209 Å². The van der Waals surface area contributed by atoms with Gasteiger partial charge in [0.2, 0.25) is 0 Å². The van der Waals surface area contributed by atoms with Crippen molar-refractivity contribution in [2.75, 3.05) is 32.9 Å². The number of alkyl halides is 1. The Kier molecular flexibility index (Phi) is 6.94. The van der Waals surface area contributed by atoms with Crippen LogP contribution in [0.25, 0.3) is 11.1 Å². The van der Waals surface area contributed by atoms with Crippen LogP contribution in [0.4, 0.5) is 8.78 Å². The van der Waals surface area contributed by atoms with Crippen LogP contribution in [0, 0.1) is 11.7 Å². The van der Waals surface area contributed by atoms with Gasteiger partial charge in [-0.1, -0.05) is 18.2 Å². The van der Waals surface area contributed by atoms with E-state index in [0.29, 0.717) is 12.4 Å². The fourth-order valence-electron chi connectivity index (χ4n) is 4.90. The van der Waals surface area contributed by atoms with Crippen LogP contribution in [0.3, 0.4) is 0 Å². The summed E-state index contributed by atoms with van der Waals surface area (Å²) >= 11 is 0. The number of halogens is 2. The van der Waals surface area contributed by atoms with Crippen molar-refractivity contribution in [1.29, 1.82) is 0 Å². The molecule has 3 aromatic carbocycles. The van der Waals surface area contributed by atoms with Crippen LogP contribution in [-0.4, -0.2) is 48.0 Å². The SMILES string of the molecule is CC1=C(c2ccc(F)c(CO)c2)C(c2ccc(OCCN3CC(CF)C3)cc2)Oc2ccc(O)cc21. The highest BCUT2D eigenvalue weighted by Crippen LogP contribution is 2.47. The fourth-order valence-corrected chi connectivity index (χ4v) is 4.90. The van der Waals surface area contributed by atoms with Gasteiger partial charge < -0.3 is 19.7 Å². The molecule has 0 spiro atoms. The molecule has 0 radical (unpaired) electrons. The molecule has 36 heavy (non-hydrogen) atoms. The summed E-state index contributed by atoms with van der Waals surface area (Å²) in [5.41, 5.74) is 4.32. The minimum atomic E-state index is -0.480. The number of benzene rings is 3. The smallest absolute Gasteiger partial charge is 0.150 e. The van der Waals surface area contributed by atoms with Gasteiger partial charge in [0, 0.05) is 42.3 Å². The molecule has 7 heteroatoms. The molecule has 0 saturated carbocycles. The molecule has 1 saturated heterocycles. The molecule has 0 amide bonds. The summed E-state index contributed by atoms with van der Waals surface area (Å²) < 4.78 is 39.0. The highest BCUT2D eigenvalue weighted by Gasteiger charge is 2.30. The van der Waals surface area contributed by atoms with Gasteiger partial charge in [0.15, 0.2) is 0 Å². The number of rotatable bonds is 8. The summed E-state index contributed by atoms with van der Waals surface area (Å²) in [5, 5.41) is 19.7. The second-order valence-electron chi connectivity index (χ2n) is 9.38. The Balaban J connectivity index is 1.41. The maximum atomic E-state index is 14.1. The minimum Gasteiger partial charge on any atom is -0.508 e. The van der Waals surface area contributed by atoms with Crippen LogP contribution in [0.5, 0.6) is 17.2 Å². The zero-order valence-electron chi connectivity index (χ0n) is 20.1. The van der Waals surface area contributed by atoms with Gasteiger partial charge >= 0.3 is 0 Å². The Bertz CT molecular complexity index is 1270. The van der Waals surface area contributed by atoms with Gasteiger partial charge in [0.25, 0.3) is 0 Å². The lowest BCUT2D eigenvalue weighted by Crippen LogP contribution is -2.49. The second-order valence-corrected chi connectivity index (χ2v) is 9.38. The van der Waals surface area contributed by atoms with E-state index in [1.807, 2.05) is 31.2 Å². The maximum absolute atomic E-state index is 14.1. The van der Waals surface area contributed by atoms with Crippen LogP contribution in [0.15, 0.2) is 60.7 Å².